The maximum absolute atomic E-state index is 11.2. The van der Waals surface area contributed by atoms with E-state index < -0.39 is 0 Å². The minimum atomic E-state index is -0.0531. The SMILES string of the molecule is CC(=O)c1ncc(-c2ccc3cc(C)ccc3c2)[nH]1. The van der Waals surface area contributed by atoms with Gasteiger partial charge in [0.05, 0.1) is 11.9 Å². The lowest BCUT2D eigenvalue weighted by Crippen LogP contribution is -1.93. The van der Waals surface area contributed by atoms with Crippen molar-refractivity contribution < 1.29 is 4.79 Å². The number of Topliss-reactive ketones (excluding diaryl/α,β-unsaturated/α-hetero) is 1. The Kier molecular flexibility index (Phi) is 2.67. The van der Waals surface area contributed by atoms with E-state index in [0.717, 1.165) is 11.3 Å². The number of aromatic nitrogens is 2. The number of imidazole rings is 1. The fraction of sp³-hybridized carbons (Fsp3) is 0.125. The van der Waals surface area contributed by atoms with Crippen LogP contribution in [0.15, 0.2) is 42.6 Å². The zero-order valence-electron chi connectivity index (χ0n) is 10.9. The number of rotatable bonds is 2. The molecule has 0 aliphatic carbocycles. The number of benzene rings is 2. The maximum Gasteiger partial charge on any atom is 0.194 e. The molecule has 0 saturated heterocycles. The largest absolute Gasteiger partial charge is 0.336 e. The molecule has 2 aromatic carbocycles. The Morgan fingerprint density at radius 3 is 2.58 bits per heavy atom. The molecular weight excluding hydrogens is 236 g/mol. The summed E-state index contributed by atoms with van der Waals surface area (Å²) in [6.07, 6.45) is 1.70. The molecule has 0 radical (unpaired) electrons. The molecule has 0 amide bonds. The number of carbonyl (C=O) groups is 1. The van der Waals surface area contributed by atoms with Crippen LogP contribution in [0.25, 0.3) is 22.0 Å². The van der Waals surface area contributed by atoms with Gasteiger partial charge >= 0.3 is 0 Å². The van der Waals surface area contributed by atoms with Crippen LogP contribution in [0.3, 0.4) is 0 Å². The molecule has 0 aliphatic rings. The number of H-pyrrole nitrogens is 1. The number of nitrogens with one attached hydrogen (secondary N) is 1. The first-order valence-electron chi connectivity index (χ1n) is 6.20. The summed E-state index contributed by atoms with van der Waals surface area (Å²) >= 11 is 0. The first-order chi connectivity index (χ1) is 9.13. The van der Waals surface area contributed by atoms with Gasteiger partial charge in [-0.05, 0) is 23.8 Å². The predicted molar refractivity (Wildman–Crippen MR) is 76.3 cm³/mol. The zero-order valence-corrected chi connectivity index (χ0v) is 10.9. The zero-order chi connectivity index (χ0) is 13.4. The van der Waals surface area contributed by atoms with Gasteiger partial charge in [0.1, 0.15) is 0 Å². The van der Waals surface area contributed by atoms with Gasteiger partial charge < -0.3 is 4.98 Å². The lowest BCUT2D eigenvalue weighted by molar-refractivity contribution is 0.100. The number of aryl methyl sites for hydroxylation is 1. The Balaban J connectivity index is 2.09. The van der Waals surface area contributed by atoms with Crippen molar-refractivity contribution in [2.24, 2.45) is 0 Å². The lowest BCUT2D eigenvalue weighted by atomic mass is 10.0. The van der Waals surface area contributed by atoms with Crippen molar-refractivity contribution in [3.8, 4) is 11.3 Å². The van der Waals surface area contributed by atoms with Gasteiger partial charge in [-0.1, -0.05) is 35.9 Å². The monoisotopic (exact) mass is 250 g/mol. The van der Waals surface area contributed by atoms with E-state index in [0.29, 0.717) is 5.82 Å². The summed E-state index contributed by atoms with van der Waals surface area (Å²) in [6.45, 7) is 3.59. The minimum absolute atomic E-state index is 0.0531. The van der Waals surface area contributed by atoms with Crippen molar-refractivity contribution >= 4 is 16.6 Å². The van der Waals surface area contributed by atoms with Gasteiger partial charge in [-0.25, -0.2) is 4.98 Å². The highest BCUT2D eigenvalue weighted by Crippen LogP contribution is 2.24. The van der Waals surface area contributed by atoms with Crippen LogP contribution < -0.4 is 0 Å². The molecule has 0 fully saturated rings. The van der Waals surface area contributed by atoms with Crippen LogP contribution in [0, 0.1) is 6.92 Å². The highest BCUT2D eigenvalue weighted by molar-refractivity contribution is 5.91. The van der Waals surface area contributed by atoms with Gasteiger partial charge in [0, 0.05) is 12.5 Å². The van der Waals surface area contributed by atoms with Gasteiger partial charge in [0.2, 0.25) is 0 Å². The fourth-order valence-electron chi connectivity index (χ4n) is 2.18. The van der Waals surface area contributed by atoms with E-state index in [-0.39, 0.29) is 5.78 Å². The van der Waals surface area contributed by atoms with E-state index >= 15 is 0 Å². The van der Waals surface area contributed by atoms with E-state index in [1.54, 1.807) is 6.20 Å². The molecule has 3 heteroatoms. The predicted octanol–water partition coefficient (Wildman–Crippen LogP) is 3.74. The molecule has 0 bridgehead atoms. The Morgan fingerprint density at radius 1 is 1.11 bits per heavy atom. The van der Waals surface area contributed by atoms with Crippen molar-refractivity contribution in [2.75, 3.05) is 0 Å². The minimum Gasteiger partial charge on any atom is -0.336 e. The van der Waals surface area contributed by atoms with E-state index in [1.807, 2.05) is 6.07 Å². The van der Waals surface area contributed by atoms with Crippen molar-refractivity contribution in [1.29, 1.82) is 0 Å². The molecule has 19 heavy (non-hydrogen) atoms. The standard InChI is InChI=1S/C16H14N2O/c1-10-3-4-13-8-14(6-5-12(13)7-10)15-9-17-16(18-15)11(2)19/h3-9H,1-2H3,(H,17,18). The Hall–Kier alpha value is -2.42. The molecule has 1 N–H and O–H groups in total. The van der Waals surface area contributed by atoms with Crippen LogP contribution in [0.4, 0.5) is 0 Å². The molecule has 3 nitrogen and oxygen atoms in total. The quantitative estimate of drug-likeness (QED) is 0.704. The molecule has 0 unspecified atom stereocenters. The maximum atomic E-state index is 11.2. The number of ketones is 1. The van der Waals surface area contributed by atoms with E-state index in [4.69, 9.17) is 0 Å². The third-order valence-electron chi connectivity index (χ3n) is 3.22. The molecule has 1 aromatic heterocycles. The Bertz CT molecular complexity index is 771. The number of hydrogen-bond donors (Lipinski definition) is 1. The smallest absolute Gasteiger partial charge is 0.194 e. The molecule has 0 aliphatic heterocycles. The number of aromatic amines is 1. The molecule has 0 spiro atoms. The summed E-state index contributed by atoms with van der Waals surface area (Å²) in [5.74, 6) is 0.349. The summed E-state index contributed by atoms with van der Waals surface area (Å²) in [4.78, 5) is 18.4. The number of carbonyl (C=O) groups excluding carboxylic acids is 1. The summed E-state index contributed by atoms with van der Waals surface area (Å²) in [6, 6.07) is 12.6. The highest BCUT2D eigenvalue weighted by atomic mass is 16.1. The molecule has 0 saturated carbocycles. The van der Waals surface area contributed by atoms with E-state index in [9.17, 15) is 4.79 Å². The fourth-order valence-corrected chi connectivity index (χ4v) is 2.18. The molecule has 3 aromatic rings. The van der Waals surface area contributed by atoms with Crippen LogP contribution >= 0.6 is 0 Å². The van der Waals surface area contributed by atoms with Gasteiger partial charge in [0.15, 0.2) is 11.6 Å². The molecule has 1 heterocycles. The average Bonchev–Trinajstić information content (AvgIpc) is 2.88. The van der Waals surface area contributed by atoms with Crippen LogP contribution in [0.1, 0.15) is 23.1 Å². The summed E-state index contributed by atoms with van der Waals surface area (Å²) < 4.78 is 0. The van der Waals surface area contributed by atoms with Crippen LogP contribution in [-0.4, -0.2) is 15.8 Å². The second kappa shape index (κ2) is 4.35. The third-order valence-corrected chi connectivity index (χ3v) is 3.22. The van der Waals surface area contributed by atoms with Crippen molar-refractivity contribution in [1.82, 2.24) is 9.97 Å². The number of hydrogen-bond acceptors (Lipinski definition) is 2. The Labute approximate surface area is 111 Å². The average molecular weight is 250 g/mol. The first-order valence-corrected chi connectivity index (χ1v) is 6.20. The lowest BCUT2D eigenvalue weighted by Gasteiger charge is -2.02. The van der Waals surface area contributed by atoms with Crippen LogP contribution in [0.2, 0.25) is 0 Å². The molecule has 3 rings (SSSR count). The second-order valence-electron chi connectivity index (χ2n) is 4.77. The summed E-state index contributed by atoms with van der Waals surface area (Å²) in [7, 11) is 0. The number of nitrogens with zero attached hydrogens (tertiary/aromatic N) is 1. The first kappa shape index (κ1) is 11.7. The topological polar surface area (TPSA) is 45.8 Å². The van der Waals surface area contributed by atoms with E-state index in [1.165, 1.54) is 23.3 Å². The van der Waals surface area contributed by atoms with Gasteiger partial charge in [0.25, 0.3) is 0 Å². The normalized spacial score (nSPS) is 10.8. The molecular formula is C16H14N2O. The third kappa shape index (κ3) is 2.15. The van der Waals surface area contributed by atoms with Crippen LogP contribution in [-0.2, 0) is 0 Å². The van der Waals surface area contributed by atoms with Crippen molar-refractivity contribution in [3.63, 3.8) is 0 Å². The van der Waals surface area contributed by atoms with Gasteiger partial charge in [-0.3, -0.25) is 4.79 Å². The number of fused-ring (bicyclic) bond motifs is 1. The van der Waals surface area contributed by atoms with E-state index in [2.05, 4.69) is 47.2 Å². The summed E-state index contributed by atoms with van der Waals surface area (Å²) in [5.41, 5.74) is 3.16. The molecule has 94 valence electrons. The van der Waals surface area contributed by atoms with Gasteiger partial charge in [-0.2, -0.15) is 0 Å². The van der Waals surface area contributed by atoms with Gasteiger partial charge in [-0.15, -0.1) is 0 Å². The second-order valence-corrected chi connectivity index (χ2v) is 4.77. The highest BCUT2D eigenvalue weighted by Gasteiger charge is 2.07. The molecule has 0 atom stereocenters. The van der Waals surface area contributed by atoms with Crippen LogP contribution in [0.5, 0.6) is 0 Å². The Morgan fingerprint density at radius 2 is 1.84 bits per heavy atom. The van der Waals surface area contributed by atoms with Crippen molar-refractivity contribution in [3.05, 3.63) is 54.0 Å². The summed E-state index contributed by atoms with van der Waals surface area (Å²) in [5, 5.41) is 2.40. The van der Waals surface area contributed by atoms with Crippen molar-refractivity contribution in [2.45, 2.75) is 13.8 Å².